The lowest BCUT2D eigenvalue weighted by Gasteiger charge is -2.26. The number of halogens is 4. The zero-order chi connectivity index (χ0) is 14.6. The quantitative estimate of drug-likeness (QED) is 0.833. The van der Waals surface area contributed by atoms with Gasteiger partial charge in [0.05, 0.1) is 5.69 Å². The van der Waals surface area contributed by atoms with Crippen molar-refractivity contribution in [2.24, 2.45) is 5.73 Å². The molecule has 0 radical (unpaired) electrons. The fraction of sp³-hybridized carbons (Fsp3) is 0.538. The summed E-state index contributed by atoms with van der Waals surface area (Å²) >= 11 is 0. The van der Waals surface area contributed by atoms with Gasteiger partial charge in [-0.1, -0.05) is 13.0 Å². The Kier molecular flexibility index (Phi) is 5.17. The number of benzene rings is 1. The molecule has 0 aromatic heterocycles. The van der Waals surface area contributed by atoms with Gasteiger partial charge in [0.2, 0.25) is 0 Å². The number of hydrogen-bond donors (Lipinski definition) is 1. The van der Waals surface area contributed by atoms with Crippen LogP contribution in [0.3, 0.4) is 0 Å². The normalized spacial score (nSPS) is 13.4. The highest BCUT2D eigenvalue weighted by atomic mass is 19.4. The summed E-state index contributed by atoms with van der Waals surface area (Å²) in [5, 5.41) is 0. The van der Waals surface area contributed by atoms with E-state index < -0.39 is 18.5 Å². The fourth-order valence-corrected chi connectivity index (χ4v) is 1.83. The summed E-state index contributed by atoms with van der Waals surface area (Å²) in [4.78, 5) is 1.00. The van der Waals surface area contributed by atoms with Crippen molar-refractivity contribution in [2.45, 2.75) is 32.5 Å². The molecule has 1 rings (SSSR count). The molecular formula is C13H18F4N2. The van der Waals surface area contributed by atoms with E-state index in [4.69, 9.17) is 5.73 Å². The molecule has 2 N–H and O–H groups in total. The number of alkyl halides is 3. The second-order valence-corrected chi connectivity index (χ2v) is 4.54. The molecule has 0 saturated heterocycles. The number of hydrogen-bond acceptors (Lipinski definition) is 2. The van der Waals surface area contributed by atoms with E-state index in [9.17, 15) is 17.6 Å². The van der Waals surface area contributed by atoms with Crippen LogP contribution >= 0.6 is 0 Å². The third-order valence-electron chi connectivity index (χ3n) is 2.70. The minimum Gasteiger partial charge on any atom is -0.360 e. The summed E-state index contributed by atoms with van der Waals surface area (Å²) in [5.41, 5.74) is 6.13. The molecule has 0 unspecified atom stereocenters. The van der Waals surface area contributed by atoms with Crippen LogP contribution < -0.4 is 10.6 Å². The van der Waals surface area contributed by atoms with Gasteiger partial charge in [-0.15, -0.1) is 0 Å². The number of anilines is 1. The largest absolute Gasteiger partial charge is 0.405 e. The maximum Gasteiger partial charge on any atom is 0.405 e. The summed E-state index contributed by atoms with van der Waals surface area (Å²) in [6, 6.07) is 3.75. The summed E-state index contributed by atoms with van der Waals surface area (Å²) in [6.45, 7) is 2.43. The Bertz CT molecular complexity index is 416. The molecule has 0 bridgehead atoms. The van der Waals surface area contributed by atoms with Crippen molar-refractivity contribution in [3.8, 4) is 0 Å². The van der Waals surface area contributed by atoms with Gasteiger partial charge >= 0.3 is 6.18 Å². The van der Waals surface area contributed by atoms with Gasteiger partial charge in [-0.2, -0.15) is 13.2 Å². The molecule has 1 aromatic carbocycles. The maximum atomic E-state index is 13.9. The predicted molar refractivity (Wildman–Crippen MR) is 67.6 cm³/mol. The molecule has 108 valence electrons. The van der Waals surface area contributed by atoms with Gasteiger partial charge in [-0.25, -0.2) is 4.39 Å². The highest BCUT2D eigenvalue weighted by Crippen LogP contribution is 2.26. The van der Waals surface area contributed by atoms with Crippen LogP contribution in [0.1, 0.15) is 31.9 Å². The van der Waals surface area contributed by atoms with Crippen molar-refractivity contribution in [3.05, 3.63) is 29.6 Å². The summed E-state index contributed by atoms with van der Waals surface area (Å²) in [6.07, 6.45) is -3.86. The molecule has 0 aliphatic rings. The third kappa shape index (κ3) is 4.70. The number of nitrogens with two attached hydrogens (primary N) is 1. The minimum absolute atomic E-state index is 0.0384. The van der Waals surface area contributed by atoms with E-state index in [2.05, 4.69) is 0 Å². The Labute approximate surface area is 110 Å². The molecule has 0 saturated carbocycles. The zero-order valence-corrected chi connectivity index (χ0v) is 11.0. The maximum absolute atomic E-state index is 13.9. The molecule has 6 heteroatoms. The Morgan fingerprint density at radius 3 is 2.37 bits per heavy atom. The molecule has 2 nitrogen and oxygen atoms in total. The van der Waals surface area contributed by atoms with E-state index >= 15 is 0 Å². The van der Waals surface area contributed by atoms with Crippen LogP contribution in [-0.4, -0.2) is 19.3 Å². The van der Waals surface area contributed by atoms with Crippen molar-refractivity contribution in [1.82, 2.24) is 0 Å². The average Bonchev–Trinajstić information content (AvgIpc) is 2.26. The Balaban J connectivity index is 3.02. The number of rotatable bonds is 5. The predicted octanol–water partition coefficient (Wildman–Crippen LogP) is 3.62. The first-order valence-corrected chi connectivity index (χ1v) is 6.11. The summed E-state index contributed by atoms with van der Waals surface area (Å²) in [5.74, 6) is -0.674. The first kappa shape index (κ1) is 15.8. The van der Waals surface area contributed by atoms with Crippen LogP contribution in [0.25, 0.3) is 0 Å². The highest BCUT2D eigenvalue weighted by molar-refractivity contribution is 5.49. The molecule has 1 atom stereocenters. The SMILES string of the molecule is CCCN(CC(F)(F)F)c1ccc([C@@H](C)N)cc1F. The van der Waals surface area contributed by atoms with Gasteiger partial charge in [-0.05, 0) is 31.0 Å². The Morgan fingerprint density at radius 1 is 1.32 bits per heavy atom. The van der Waals surface area contributed by atoms with Gasteiger partial charge in [0, 0.05) is 12.6 Å². The van der Waals surface area contributed by atoms with Gasteiger partial charge < -0.3 is 10.6 Å². The van der Waals surface area contributed by atoms with Gasteiger partial charge in [0.15, 0.2) is 0 Å². The van der Waals surface area contributed by atoms with Crippen molar-refractivity contribution >= 4 is 5.69 Å². The molecule has 0 fully saturated rings. The molecule has 0 spiro atoms. The summed E-state index contributed by atoms with van der Waals surface area (Å²) in [7, 11) is 0. The van der Waals surface area contributed by atoms with E-state index in [0.29, 0.717) is 12.0 Å². The van der Waals surface area contributed by atoms with E-state index in [1.54, 1.807) is 19.9 Å². The van der Waals surface area contributed by atoms with Crippen molar-refractivity contribution in [1.29, 1.82) is 0 Å². The van der Waals surface area contributed by atoms with Crippen molar-refractivity contribution in [3.63, 3.8) is 0 Å². The lowest BCUT2D eigenvalue weighted by Crippen LogP contribution is -2.35. The van der Waals surface area contributed by atoms with Crippen LogP contribution in [0.4, 0.5) is 23.2 Å². The zero-order valence-electron chi connectivity index (χ0n) is 11.0. The van der Waals surface area contributed by atoms with E-state index in [-0.39, 0.29) is 18.3 Å². The van der Waals surface area contributed by atoms with Crippen LogP contribution in [0.2, 0.25) is 0 Å². The Hall–Kier alpha value is -1.30. The molecule has 19 heavy (non-hydrogen) atoms. The van der Waals surface area contributed by atoms with Crippen LogP contribution in [0.15, 0.2) is 18.2 Å². The molecule has 0 aliphatic heterocycles. The van der Waals surface area contributed by atoms with E-state index in [0.717, 1.165) is 4.90 Å². The van der Waals surface area contributed by atoms with E-state index in [1.807, 2.05) is 0 Å². The summed E-state index contributed by atoms with van der Waals surface area (Å²) < 4.78 is 51.3. The highest BCUT2D eigenvalue weighted by Gasteiger charge is 2.31. The first-order chi connectivity index (χ1) is 8.74. The van der Waals surface area contributed by atoms with E-state index in [1.165, 1.54) is 12.1 Å². The second-order valence-electron chi connectivity index (χ2n) is 4.54. The molecule has 0 heterocycles. The van der Waals surface area contributed by atoms with Gasteiger partial charge in [-0.3, -0.25) is 0 Å². The van der Waals surface area contributed by atoms with Crippen molar-refractivity contribution in [2.75, 3.05) is 18.0 Å². The number of nitrogens with zero attached hydrogens (tertiary/aromatic N) is 1. The fourth-order valence-electron chi connectivity index (χ4n) is 1.83. The standard InChI is InChI=1S/C13H18F4N2/c1-3-6-19(8-13(15,16)17)12-5-4-10(9(2)18)7-11(12)14/h4-5,7,9H,3,6,8,18H2,1-2H3/t9-/m1/s1. The minimum atomic E-state index is -4.36. The molecular weight excluding hydrogens is 260 g/mol. The second kappa shape index (κ2) is 6.23. The molecule has 1 aromatic rings. The molecule has 0 amide bonds. The van der Waals surface area contributed by atoms with Crippen LogP contribution in [0, 0.1) is 5.82 Å². The topological polar surface area (TPSA) is 29.3 Å². The monoisotopic (exact) mass is 278 g/mol. The Morgan fingerprint density at radius 2 is 1.95 bits per heavy atom. The van der Waals surface area contributed by atoms with Crippen LogP contribution in [0.5, 0.6) is 0 Å². The van der Waals surface area contributed by atoms with Gasteiger partial charge in [0.1, 0.15) is 12.4 Å². The molecule has 0 aliphatic carbocycles. The first-order valence-electron chi connectivity index (χ1n) is 6.11. The van der Waals surface area contributed by atoms with Crippen LogP contribution in [-0.2, 0) is 0 Å². The van der Waals surface area contributed by atoms with Gasteiger partial charge in [0.25, 0.3) is 0 Å². The smallest absolute Gasteiger partial charge is 0.360 e. The lowest BCUT2D eigenvalue weighted by atomic mass is 10.1. The third-order valence-corrected chi connectivity index (χ3v) is 2.70. The van der Waals surface area contributed by atoms with Crippen molar-refractivity contribution < 1.29 is 17.6 Å². The average molecular weight is 278 g/mol. The lowest BCUT2D eigenvalue weighted by molar-refractivity contribution is -0.119.